The van der Waals surface area contributed by atoms with Crippen molar-refractivity contribution < 1.29 is 4.92 Å². The van der Waals surface area contributed by atoms with Crippen LogP contribution in [0.4, 0.5) is 11.5 Å². The minimum Gasteiger partial charge on any atom is -0.362 e. The zero-order valence-corrected chi connectivity index (χ0v) is 12.6. The smallest absolute Gasteiger partial charge is 0.312 e. The van der Waals surface area contributed by atoms with Crippen LogP contribution < -0.4 is 5.32 Å². The monoisotopic (exact) mass is 328 g/mol. The third-order valence-electron chi connectivity index (χ3n) is 3.58. The maximum atomic E-state index is 11.0. The molecule has 6 nitrogen and oxygen atoms in total. The molecule has 1 N–H and O–H groups in total. The zero-order valence-electron chi connectivity index (χ0n) is 11.0. The van der Waals surface area contributed by atoms with Crippen LogP contribution in [-0.2, 0) is 0 Å². The lowest BCUT2D eigenvalue weighted by Gasteiger charge is -2.35. The molecule has 104 valence electrons. The Balaban J connectivity index is 2.13. The van der Waals surface area contributed by atoms with Gasteiger partial charge in [0.15, 0.2) is 0 Å². The Bertz CT molecular complexity index is 483. The lowest BCUT2D eigenvalue weighted by atomic mass is 9.99. The molecule has 0 saturated carbocycles. The summed E-state index contributed by atoms with van der Waals surface area (Å²) in [6.07, 6.45) is 3.51. The third kappa shape index (κ3) is 3.42. The highest BCUT2D eigenvalue weighted by Gasteiger charge is 2.25. The molecule has 2 heterocycles. The molecule has 0 spiro atoms. The molecule has 0 aliphatic carbocycles. The predicted molar refractivity (Wildman–Crippen MR) is 77.3 cm³/mol. The van der Waals surface area contributed by atoms with Gasteiger partial charge in [-0.15, -0.1) is 0 Å². The molecule has 19 heavy (non-hydrogen) atoms. The van der Waals surface area contributed by atoms with Crippen molar-refractivity contribution >= 4 is 27.4 Å². The Hall–Kier alpha value is -1.21. The predicted octanol–water partition coefficient (Wildman–Crippen LogP) is 2.65. The summed E-state index contributed by atoms with van der Waals surface area (Å²) in [6, 6.07) is 2.19. The molecule has 1 aliphatic heterocycles. The first kappa shape index (κ1) is 14.2. The number of pyridine rings is 1. The minimum atomic E-state index is -0.404. The lowest BCUT2D eigenvalue weighted by Crippen LogP contribution is -2.42. The molecule has 1 fully saturated rings. The normalized spacial score (nSPS) is 24.2. The molecule has 1 saturated heterocycles. The maximum Gasteiger partial charge on any atom is 0.312 e. The van der Waals surface area contributed by atoms with Crippen LogP contribution in [-0.4, -0.2) is 40.5 Å². The van der Waals surface area contributed by atoms with E-state index in [1.807, 2.05) is 0 Å². The van der Waals surface area contributed by atoms with Gasteiger partial charge in [0.25, 0.3) is 0 Å². The highest BCUT2D eigenvalue weighted by atomic mass is 79.9. The number of hydrogen-bond donors (Lipinski definition) is 1. The molecular weight excluding hydrogens is 312 g/mol. The summed E-state index contributed by atoms with van der Waals surface area (Å²) in [6.45, 7) is 3.15. The van der Waals surface area contributed by atoms with E-state index in [4.69, 9.17) is 0 Å². The molecule has 0 radical (unpaired) electrons. The SMILES string of the molecule is CC1CC(Nc2ncc(Br)cc2[N+](=O)[O-])CCN1C. The molecule has 1 aromatic rings. The number of nitrogens with zero attached hydrogens (tertiary/aromatic N) is 3. The van der Waals surface area contributed by atoms with Gasteiger partial charge in [0.2, 0.25) is 5.82 Å². The summed E-state index contributed by atoms with van der Waals surface area (Å²) in [5.41, 5.74) is 0.0148. The lowest BCUT2D eigenvalue weighted by molar-refractivity contribution is -0.384. The number of anilines is 1. The fourth-order valence-electron chi connectivity index (χ4n) is 2.29. The fraction of sp³-hybridized carbons (Fsp3) is 0.583. The molecule has 2 unspecified atom stereocenters. The van der Waals surface area contributed by atoms with E-state index in [2.05, 4.69) is 45.1 Å². The second-order valence-electron chi connectivity index (χ2n) is 4.97. The van der Waals surface area contributed by atoms with Crippen molar-refractivity contribution in [3.8, 4) is 0 Å². The largest absolute Gasteiger partial charge is 0.362 e. The number of hydrogen-bond acceptors (Lipinski definition) is 5. The summed E-state index contributed by atoms with van der Waals surface area (Å²) in [5, 5.41) is 14.2. The molecule has 2 rings (SSSR count). The van der Waals surface area contributed by atoms with Crippen molar-refractivity contribution in [2.45, 2.75) is 31.8 Å². The van der Waals surface area contributed by atoms with E-state index in [9.17, 15) is 10.1 Å². The summed E-state index contributed by atoms with van der Waals surface area (Å²) >= 11 is 3.21. The second kappa shape index (κ2) is 5.83. The van der Waals surface area contributed by atoms with Gasteiger partial charge in [0.05, 0.1) is 4.92 Å². The molecule has 0 aromatic carbocycles. The molecule has 0 bridgehead atoms. The first-order chi connectivity index (χ1) is 8.97. The first-order valence-corrected chi connectivity index (χ1v) is 7.03. The molecule has 1 aliphatic rings. The van der Waals surface area contributed by atoms with Gasteiger partial charge in [-0.2, -0.15) is 0 Å². The standard InChI is InChI=1S/C12H17BrN4O2/c1-8-5-10(3-4-16(8)2)15-12-11(17(18)19)6-9(13)7-14-12/h6-8,10H,3-5H2,1-2H3,(H,14,15). The maximum absolute atomic E-state index is 11.0. The topological polar surface area (TPSA) is 71.3 Å². The van der Waals surface area contributed by atoms with Gasteiger partial charge in [0, 0.05) is 35.4 Å². The zero-order chi connectivity index (χ0) is 14.0. The molecule has 0 amide bonds. The van der Waals surface area contributed by atoms with E-state index in [-0.39, 0.29) is 11.7 Å². The van der Waals surface area contributed by atoms with E-state index in [1.165, 1.54) is 6.07 Å². The van der Waals surface area contributed by atoms with E-state index >= 15 is 0 Å². The van der Waals surface area contributed by atoms with Crippen LogP contribution in [0.15, 0.2) is 16.7 Å². The number of nitrogens with one attached hydrogen (secondary N) is 1. The van der Waals surface area contributed by atoms with Crippen molar-refractivity contribution in [1.82, 2.24) is 9.88 Å². The van der Waals surface area contributed by atoms with Gasteiger partial charge in [-0.3, -0.25) is 10.1 Å². The van der Waals surface area contributed by atoms with Crippen LogP contribution in [0.3, 0.4) is 0 Å². The molecular formula is C12H17BrN4O2. The molecule has 7 heteroatoms. The van der Waals surface area contributed by atoms with Crippen LogP contribution in [0.2, 0.25) is 0 Å². The first-order valence-electron chi connectivity index (χ1n) is 6.24. The van der Waals surface area contributed by atoms with Crippen LogP contribution in [0.1, 0.15) is 19.8 Å². The molecule has 1 aromatic heterocycles. The van der Waals surface area contributed by atoms with E-state index in [0.717, 1.165) is 19.4 Å². The average Bonchev–Trinajstić information content (AvgIpc) is 2.36. The van der Waals surface area contributed by atoms with Crippen molar-refractivity contribution in [1.29, 1.82) is 0 Å². The molecule has 2 atom stereocenters. The van der Waals surface area contributed by atoms with Crippen LogP contribution in [0, 0.1) is 10.1 Å². The Morgan fingerprint density at radius 2 is 2.37 bits per heavy atom. The Labute approximate surface area is 120 Å². The van der Waals surface area contributed by atoms with Gasteiger partial charge in [-0.1, -0.05) is 0 Å². The summed E-state index contributed by atoms with van der Waals surface area (Å²) < 4.78 is 0.612. The van der Waals surface area contributed by atoms with Gasteiger partial charge in [0.1, 0.15) is 0 Å². The number of piperidine rings is 1. The number of halogens is 1. The fourth-order valence-corrected chi connectivity index (χ4v) is 2.61. The summed E-state index contributed by atoms with van der Waals surface area (Å²) in [5.74, 6) is 0.356. The summed E-state index contributed by atoms with van der Waals surface area (Å²) in [4.78, 5) is 17.0. The van der Waals surface area contributed by atoms with Gasteiger partial charge >= 0.3 is 5.69 Å². The Morgan fingerprint density at radius 3 is 3.00 bits per heavy atom. The van der Waals surface area contributed by atoms with Crippen molar-refractivity contribution in [2.24, 2.45) is 0 Å². The van der Waals surface area contributed by atoms with E-state index in [0.29, 0.717) is 16.3 Å². The number of aromatic nitrogens is 1. The third-order valence-corrected chi connectivity index (χ3v) is 4.01. The van der Waals surface area contributed by atoms with Gasteiger partial charge < -0.3 is 10.2 Å². The second-order valence-corrected chi connectivity index (χ2v) is 5.89. The number of rotatable bonds is 3. The van der Waals surface area contributed by atoms with Crippen molar-refractivity contribution in [2.75, 3.05) is 18.9 Å². The van der Waals surface area contributed by atoms with Crippen LogP contribution >= 0.6 is 15.9 Å². The van der Waals surface area contributed by atoms with Crippen molar-refractivity contribution in [3.05, 3.63) is 26.9 Å². The summed E-state index contributed by atoms with van der Waals surface area (Å²) in [7, 11) is 2.10. The van der Waals surface area contributed by atoms with Gasteiger partial charge in [-0.25, -0.2) is 4.98 Å². The minimum absolute atomic E-state index is 0.0148. The van der Waals surface area contributed by atoms with E-state index in [1.54, 1.807) is 6.20 Å². The van der Waals surface area contributed by atoms with Gasteiger partial charge in [-0.05, 0) is 42.7 Å². The quantitative estimate of drug-likeness (QED) is 0.682. The highest BCUT2D eigenvalue weighted by molar-refractivity contribution is 9.10. The van der Waals surface area contributed by atoms with Crippen molar-refractivity contribution in [3.63, 3.8) is 0 Å². The Morgan fingerprint density at radius 1 is 1.63 bits per heavy atom. The van der Waals surface area contributed by atoms with Crippen LogP contribution in [0.25, 0.3) is 0 Å². The number of likely N-dealkylation sites (tertiary alicyclic amines) is 1. The highest BCUT2D eigenvalue weighted by Crippen LogP contribution is 2.28. The van der Waals surface area contributed by atoms with E-state index < -0.39 is 4.92 Å². The average molecular weight is 329 g/mol. The van der Waals surface area contributed by atoms with Crippen LogP contribution in [0.5, 0.6) is 0 Å². The number of nitro groups is 1. The Kier molecular flexibility index (Phi) is 4.36.